The summed E-state index contributed by atoms with van der Waals surface area (Å²) in [4.78, 5) is 0. The smallest absolute Gasteiger partial charge is 0.129 e. The Labute approximate surface area is 114 Å². The Bertz CT molecular complexity index is 411. The van der Waals surface area contributed by atoms with Crippen LogP contribution in [0, 0.1) is 29.4 Å². The lowest BCUT2D eigenvalue weighted by molar-refractivity contribution is 0.187. The van der Waals surface area contributed by atoms with E-state index < -0.39 is 11.6 Å². The highest BCUT2D eigenvalue weighted by molar-refractivity contribution is 5.20. The van der Waals surface area contributed by atoms with Crippen LogP contribution in [0.15, 0.2) is 18.2 Å². The Kier molecular flexibility index (Phi) is 4.56. The van der Waals surface area contributed by atoms with Gasteiger partial charge in [-0.1, -0.05) is 19.9 Å². The van der Waals surface area contributed by atoms with Crippen molar-refractivity contribution >= 4 is 0 Å². The number of hydrogen-bond donors (Lipinski definition) is 1. The molecule has 0 aromatic heterocycles. The second-order valence-corrected chi connectivity index (χ2v) is 6.15. The minimum atomic E-state index is -0.445. The lowest BCUT2D eigenvalue weighted by Gasteiger charge is -2.36. The monoisotopic (exact) mass is 267 g/mol. The summed E-state index contributed by atoms with van der Waals surface area (Å²) < 4.78 is 27.4. The predicted molar refractivity (Wildman–Crippen MR) is 73.7 cm³/mol. The van der Waals surface area contributed by atoms with Crippen LogP contribution in [0.2, 0.25) is 0 Å². The average molecular weight is 267 g/mol. The van der Waals surface area contributed by atoms with Gasteiger partial charge in [-0.15, -0.1) is 0 Å². The van der Waals surface area contributed by atoms with E-state index in [9.17, 15) is 8.78 Å². The molecule has 19 heavy (non-hydrogen) atoms. The number of halogens is 2. The van der Waals surface area contributed by atoms with Crippen LogP contribution in [0.1, 0.15) is 38.7 Å². The van der Waals surface area contributed by atoms with Crippen molar-refractivity contribution in [2.75, 3.05) is 0 Å². The standard InChI is InChI=1S/C16H23F2N/c1-10(2)11-6-7-16(19)12(8-11)9-13-14(17)4-3-5-15(13)18/h3-5,10-12,16H,6-9,19H2,1-2H3. The highest BCUT2D eigenvalue weighted by Crippen LogP contribution is 2.35. The first kappa shape index (κ1) is 14.4. The molecule has 0 spiro atoms. The minimum absolute atomic E-state index is 0.0639. The molecule has 0 heterocycles. The summed E-state index contributed by atoms with van der Waals surface area (Å²) in [6.45, 7) is 4.42. The molecule has 1 aromatic rings. The van der Waals surface area contributed by atoms with Crippen molar-refractivity contribution in [2.45, 2.75) is 45.6 Å². The van der Waals surface area contributed by atoms with E-state index in [0.717, 1.165) is 19.3 Å². The molecule has 1 aliphatic carbocycles. The molecule has 0 bridgehead atoms. The van der Waals surface area contributed by atoms with Crippen LogP contribution in [0.3, 0.4) is 0 Å². The molecule has 3 unspecified atom stereocenters. The van der Waals surface area contributed by atoms with Crippen molar-refractivity contribution in [3.63, 3.8) is 0 Å². The van der Waals surface area contributed by atoms with Crippen molar-refractivity contribution in [2.24, 2.45) is 23.5 Å². The molecule has 1 nitrogen and oxygen atoms in total. The zero-order valence-corrected chi connectivity index (χ0v) is 11.7. The molecule has 0 radical (unpaired) electrons. The highest BCUT2D eigenvalue weighted by atomic mass is 19.1. The fourth-order valence-corrected chi connectivity index (χ4v) is 3.15. The van der Waals surface area contributed by atoms with Gasteiger partial charge in [0.05, 0.1) is 0 Å². The Morgan fingerprint density at radius 2 is 1.84 bits per heavy atom. The van der Waals surface area contributed by atoms with Crippen molar-refractivity contribution in [3.05, 3.63) is 35.4 Å². The van der Waals surface area contributed by atoms with Crippen LogP contribution in [0.5, 0.6) is 0 Å². The fourth-order valence-electron chi connectivity index (χ4n) is 3.15. The lowest BCUT2D eigenvalue weighted by Crippen LogP contribution is -2.38. The fraction of sp³-hybridized carbons (Fsp3) is 0.625. The van der Waals surface area contributed by atoms with Gasteiger partial charge in [-0.05, 0) is 55.6 Å². The van der Waals surface area contributed by atoms with Crippen molar-refractivity contribution in [3.8, 4) is 0 Å². The molecule has 1 saturated carbocycles. The summed E-state index contributed by atoms with van der Waals surface area (Å²) in [6.07, 6.45) is 3.49. The van der Waals surface area contributed by atoms with E-state index in [0.29, 0.717) is 18.3 Å². The molecule has 106 valence electrons. The normalized spacial score (nSPS) is 27.8. The summed E-state index contributed by atoms with van der Waals surface area (Å²) in [7, 11) is 0. The number of benzene rings is 1. The van der Waals surface area contributed by atoms with E-state index in [2.05, 4.69) is 13.8 Å². The Morgan fingerprint density at radius 1 is 1.21 bits per heavy atom. The highest BCUT2D eigenvalue weighted by Gasteiger charge is 2.30. The van der Waals surface area contributed by atoms with Crippen molar-refractivity contribution in [1.82, 2.24) is 0 Å². The predicted octanol–water partition coefficient (Wildman–Crippen LogP) is 3.91. The van der Waals surface area contributed by atoms with Gasteiger partial charge in [-0.2, -0.15) is 0 Å². The zero-order chi connectivity index (χ0) is 14.0. The van der Waals surface area contributed by atoms with E-state index >= 15 is 0 Å². The van der Waals surface area contributed by atoms with Gasteiger partial charge in [0, 0.05) is 11.6 Å². The quantitative estimate of drug-likeness (QED) is 0.883. The summed E-state index contributed by atoms with van der Waals surface area (Å²) in [5.74, 6) is 0.533. The van der Waals surface area contributed by atoms with Gasteiger partial charge in [0.2, 0.25) is 0 Å². The third-order valence-electron chi connectivity index (χ3n) is 4.55. The van der Waals surface area contributed by atoms with Crippen LogP contribution in [-0.2, 0) is 6.42 Å². The molecule has 1 aliphatic rings. The molecule has 0 saturated heterocycles. The molecule has 2 rings (SSSR count). The Balaban J connectivity index is 2.12. The van der Waals surface area contributed by atoms with Crippen LogP contribution < -0.4 is 5.73 Å². The van der Waals surface area contributed by atoms with Gasteiger partial charge in [0.25, 0.3) is 0 Å². The third-order valence-corrected chi connectivity index (χ3v) is 4.55. The van der Waals surface area contributed by atoms with Gasteiger partial charge in [-0.25, -0.2) is 8.78 Å². The SMILES string of the molecule is CC(C)C1CCC(N)C(Cc2c(F)cccc2F)C1. The van der Waals surface area contributed by atoms with Crippen LogP contribution >= 0.6 is 0 Å². The second-order valence-electron chi connectivity index (χ2n) is 6.15. The average Bonchev–Trinajstić information content (AvgIpc) is 2.35. The van der Waals surface area contributed by atoms with E-state index in [1.807, 2.05) is 0 Å². The van der Waals surface area contributed by atoms with E-state index in [4.69, 9.17) is 5.73 Å². The minimum Gasteiger partial charge on any atom is -0.327 e. The maximum atomic E-state index is 13.7. The van der Waals surface area contributed by atoms with Crippen LogP contribution in [0.4, 0.5) is 8.78 Å². The largest absolute Gasteiger partial charge is 0.327 e. The molecule has 1 aromatic carbocycles. The van der Waals surface area contributed by atoms with Gasteiger partial charge < -0.3 is 5.73 Å². The molecule has 1 fully saturated rings. The lowest BCUT2D eigenvalue weighted by atomic mass is 9.72. The number of hydrogen-bond acceptors (Lipinski definition) is 1. The molecule has 3 atom stereocenters. The summed E-state index contributed by atoms with van der Waals surface area (Å²) in [5, 5.41) is 0. The maximum Gasteiger partial charge on any atom is 0.129 e. The van der Waals surface area contributed by atoms with Crippen molar-refractivity contribution in [1.29, 1.82) is 0 Å². The van der Waals surface area contributed by atoms with Crippen molar-refractivity contribution < 1.29 is 8.78 Å². The Morgan fingerprint density at radius 3 is 2.42 bits per heavy atom. The first-order valence-electron chi connectivity index (χ1n) is 7.17. The van der Waals surface area contributed by atoms with E-state index in [1.165, 1.54) is 18.2 Å². The first-order valence-corrected chi connectivity index (χ1v) is 7.17. The zero-order valence-electron chi connectivity index (χ0n) is 11.7. The van der Waals surface area contributed by atoms with Gasteiger partial charge in [0.1, 0.15) is 11.6 Å². The first-order chi connectivity index (χ1) is 8.99. The van der Waals surface area contributed by atoms with Gasteiger partial charge >= 0.3 is 0 Å². The Hall–Kier alpha value is -0.960. The molecule has 2 N–H and O–H groups in total. The number of nitrogens with two attached hydrogens (primary N) is 1. The molecule has 0 aliphatic heterocycles. The van der Waals surface area contributed by atoms with E-state index in [-0.39, 0.29) is 17.5 Å². The van der Waals surface area contributed by atoms with Crippen LogP contribution in [-0.4, -0.2) is 6.04 Å². The third kappa shape index (κ3) is 3.33. The topological polar surface area (TPSA) is 26.0 Å². The maximum absolute atomic E-state index is 13.7. The van der Waals surface area contributed by atoms with Crippen LogP contribution in [0.25, 0.3) is 0 Å². The molecule has 3 heteroatoms. The number of rotatable bonds is 3. The summed E-state index contributed by atoms with van der Waals surface area (Å²) >= 11 is 0. The summed E-state index contributed by atoms with van der Waals surface area (Å²) in [6, 6.07) is 4.12. The second kappa shape index (κ2) is 6.00. The van der Waals surface area contributed by atoms with E-state index in [1.54, 1.807) is 0 Å². The van der Waals surface area contributed by atoms with Gasteiger partial charge in [0.15, 0.2) is 0 Å². The molecular formula is C16H23F2N. The summed E-state index contributed by atoms with van der Waals surface area (Å²) in [5.41, 5.74) is 6.35. The molecular weight excluding hydrogens is 244 g/mol. The molecule has 0 amide bonds. The van der Waals surface area contributed by atoms with Gasteiger partial charge in [-0.3, -0.25) is 0 Å².